The Labute approximate surface area is 212 Å². The molecule has 0 aliphatic carbocycles. The van der Waals surface area contributed by atoms with Gasteiger partial charge in [0, 0.05) is 51.9 Å². The van der Waals surface area contributed by atoms with E-state index in [0.29, 0.717) is 68.3 Å². The minimum absolute atomic E-state index is 0.0201. The van der Waals surface area contributed by atoms with Crippen molar-refractivity contribution >= 4 is 11.7 Å². The van der Waals surface area contributed by atoms with Crippen LogP contribution in [0, 0.1) is 17.5 Å². The van der Waals surface area contributed by atoms with Gasteiger partial charge in [0.2, 0.25) is 5.91 Å². The first-order valence-electron chi connectivity index (χ1n) is 12.0. The summed E-state index contributed by atoms with van der Waals surface area (Å²) in [7, 11) is 1.34. The molecule has 1 fully saturated rings. The van der Waals surface area contributed by atoms with Crippen LogP contribution in [-0.4, -0.2) is 58.6 Å². The molecular formula is C26H26F3N5O3. The Kier molecular flexibility index (Phi) is 6.86. The van der Waals surface area contributed by atoms with Gasteiger partial charge in [0.05, 0.1) is 30.7 Å². The van der Waals surface area contributed by atoms with E-state index in [-0.39, 0.29) is 23.6 Å². The number of ether oxygens (including phenoxy) is 2. The van der Waals surface area contributed by atoms with Crippen LogP contribution in [0.25, 0.3) is 11.4 Å². The highest BCUT2D eigenvalue weighted by Gasteiger charge is 2.29. The van der Waals surface area contributed by atoms with E-state index in [4.69, 9.17) is 19.4 Å². The van der Waals surface area contributed by atoms with E-state index < -0.39 is 17.5 Å². The van der Waals surface area contributed by atoms with E-state index in [2.05, 4.69) is 9.88 Å². The van der Waals surface area contributed by atoms with Gasteiger partial charge in [-0.15, -0.1) is 0 Å². The Morgan fingerprint density at radius 2 is 1.76 bits per heavy atom. The standard InChI is InChI=1S/C26H26F3N5O3/c1-15(35)34-12-9-20-22(14-34)30-24(21-5-4-18(28)26(32-21)36-2)25(31-20)33-10-7-17(8-11-33)37-23-6-3-16(27)13-19(23)29/h3-6,13,17H,7-12,14H2,1-2H3. The normalized spacial score (nSPS) is 15.9. The number of rotatable bonds is 5. The zero-order valence-corrected chi connectivity index (χ0v) is 20.5. The number of piperidine rings is 1. The van der Waals surface area contributed by atoms with Gasteiger partial charge in [0.1, 0.15) is 17.6 Å². The van der Waals surface area contributed by atoms with E-state index >= 15 is 0 Å². The number of anilines is 1. The summed E-state index contributed by atoms with van der Waals surface area (Å²) in [6.07, 6.45) is 1.47. The summed E-state index contributed by atoms with van der Waals surface area (Å²) >= 11 is 0. The Morgan fingerprint density at radius 3 is 2.46 bits per heavy atom. The summed E-state index contributed by atoms with van der Waals surface area (Å²) in [5, 5.41) is 0. The van der Waals surface area contributed by atoms with E-state index in [9.17, 15) is 18.0 Å². The van der Waals surface area contributed by atoms with Crippen LogP contribution in [0.2, 0.25) is 0 Å². The van der Waals surface area contributed by atoms with E-state index in [0.717, 1.165) is 11.8 Å². The quantitative estimate of drug-likeness (QED) is 0.512. The second kappa shape index (κ2) is 10.2. The van der Waals surface area contributed by atoms with Gasteiger partial charge in [-0.2, -0.15) is 0 Å². The fourth-order valence-electron chi connectivity index (χ4n) is 4.62. The van der Waals surface area contributed by atoms with Gasteiger partial charge in [0.25, 0.3) is 5.88 Å². The molecule has 1 aromatic carbocycles. The first-order chi connectivity index (χ1) is 17.8. The van der Waals surface area contributed by atoms with Gasteiger partial charge < -0.3 is 19.3 Å². The van der Waals surface area contributed by atoms with Crippen molar-refractivity contribution in [3.05, 3.63) is 59.2 Å². The predicted molar refractivity (Wildman–Crippen MR) is 129 cm³/mol. The maximum absolute atomic E-state index is 14.1. The molecule has 2 aliphatic heterocycles. The van der Waals surface area contributed by atoms with Crippen molar-refractivity contribution < 1.29 is 27.4 Å². The third kappa shape index (κ3) is 5.16. The van der Waals surface area contributed by atoms with Crippen molar-refractivity contribution in [2.45, 2.75) is 38.8 Å². The van der Waals surface area contributed by atoms with Crippen molar-refractivity contribution in [2.24, 2.45) is 0 Å². The second-order valence-electron chi connectivity index (χ2n) is 9.05. The molecule has 194 valence electrons. The maximum atomic E-state index is 14.1. The summed E-state index contributed by atoms with van der Waals surface area (Å²) in [4.78, 5) is 29.8. The molecule has 0 radical (unpaired) electrons. The van der Waals surface area contributed by atoms with Crippen molar-refractivity contribution in [1.29, 1.82) is 0 Å². The van der Waals surface area contributed by atoms with Gasteiger partial charge in [-0.1, -0.05) is 0 Å². The topological polar surface area (TPSA) is 80.7 Å². The number of aromatic nitrogens is 3. The number of benzene rings is 1. The summed E-state index contributed by atoms with van der Waals surface area (Å²) in [6.45, 7) is 3.50. The molecule has 0 saturated carbocycles. The summed E-state index contributed by atoms with van der Waals surface area (Å²) < 4.78 is 52.2. The minimum atomic E-state index is -0.735. The van der Waals surface area contributed by atoms with Crippen LogP contribution in [0.1, 0.15) is 31.2 Å². The highest BCUT2D eigenvalue weighted by molar-refractivity contribution is 5.74. The van der Waals surface area contributed by atoms with Crippen molar-refractivity contribution in [3.63, 3.8) is 0 Å². The van der Waals surface area contributed by atoms with Crippen LogP contribution in [-0.2, 0) is 17.8 Å². The lowest BCUT2D eigenvalue weighted by Crippen LogP contribution is -2.40. The van der Waals surface area contributed by atoms with Crippen molar-refractivity contribution in [2.75, 3.05) is 31.6 Å². The second-order valence-corrected chi connectivity index (χ2v) is 9.05. The average molecular weight is 514 g/mol. The van der Waals surface area contributed by atoms with Gasteiger partial charge in [0.15, 0.2) is 23.2 Å². The summed E-state index contributed by atoms with van der Waals surface area (Å²) in [5.41, 5.74) is 2.34. The Balaban J connectivity index is 1.43. The molecule has 0 N–H and O–H groups in total. The molecular weight excluding hydrogens is 487 g/mol. The van der Waals surface area contributed by atoms with E-state index in [1.54, 1.807) is 4.90 Å². The number of hydrogen-bond donors (Lipinski definition) is 0. The molecule has 3 aromatic rings. The first kappa shape index (κ1) is 24.8. The third-order valence-electron chi connectivity index (χ3n) is 6.62. The van der Waals surface area contributed by atoms with Crippen molar-refractivity contribution in [3.8, 4) is 23.0 Å². The fraction of sp³-hybridized carbons (Fsp3) is 0.385. The molecule has 2 aromatic heterocycles. The number of carbonyl (C=O) groups excluding carboxylic acids is 1. The number of pyridine rings is 1. The number of amides is 1. The van der Waals surface area contributed by atoms with Gasteiger partial charge in [-0.3, -0.25) is 4.79 Å². The molecule has 5 rings (SSSR count). The smallest absolute Gasteiger partial charge is 0.250 e. The fourth-order valence-corrected chi connectivity index (χ4v) is 4.62. The Hall–Kier alpha value is -3.89. The predicted octanol–water partition coefficient (Wildman–Crippen LogP) is 3.92. The highest BCUT2D eigenvalue weighted by Crippen LogP contribution is 2.33. The van der Waals surface area contributed by atoms with Crippen LogP contribution in [0.5, 0.6) is 11.6 Å². The third-order valence-corrected chi connectivity index (χ3v) is 6.62. The molecule has 0 bridgehead atoms. The maximum Gasteiger partial charge on any atom is 0.250 e. The van der Waals surface area contributed by atoms with Gasteiger partial charge in [-0.05, 0) is 24.3 Å². The minimum Gasteiger partial charge on any atom is -0.487 e. The number of carbonyl (C=O) groups is 1. The van der Waals surface area contributed by atoms with E-state index in [1.807, 2.05) is 0 Å². The molecule has 1 saturated heterocycles. The zero-order chi connectivity index (χ0) is 26.1. The molecule has 8 nitrogen and oxygen atoms in total. The molecule has 2 aliphatic rings. The lowest BCUT2D eigenvalue weighted by Gasteiger charge is -2.35. The number of fused-ring (bicyclic) bond motifs is 1. The summed E-state index contributed by atoms with van der Waals surface area (Å²) in [5.74, 6) is -1.56. The average Bonchev–Trinajstić information content (AvgIpc) is 2.90. The Morgan fingerprint density at radius 1 is 0.973 bits per heavy atom. The molecule has 0 atom stereocenters. The SMILES string of the molecule is COc1nc(-c2nc3c(nc2N2CCC(Oc4ccc(F)cc4F)CC2)CCN(C(C)=O)C3)ccc1F. The monoisotopic (exact) mass is 513 g/mol. The Bertz CT molecular complexity index is 1330. The molecule has 11 heteroatoms. The van der Waals surface area contributed by atoms with Crippen LogP contribution in [0.3, 0.4) is 0 Å². The van der Waals surface area contributed by atoms with Crippen molar-refractivity contribution in [1.82, 2.24) is 19.9 Å². The number of nitrogens with zero attached hydrogens (tertiary/aromatic N) is 5. The van der Waals surface area contributed by atoms with Gasteiger partial charge >= 0.3 is 0 Å². The highest BCUT2D eigenvalue weighted by atomic mass is 19.1. The lowest BCUT2D eigenvalue weighted by molar-refractivity contribution is -0.129. The number of hydrogen-bond acceptors (Lipinski definition) is 7. The molecule has 4 heterocycles. The molecule has 0 spiro atoms. The zero-order valence-electron chi connectivity index (χ0n) is 20.5. The largest absolute Gasteiger partial charge is 0.487 e. The molecule has 0 unspecified atom stereocenters. The summed E-state index contributed by atoms with van der Waals surface area (Å²) in [6, 6.07) is 6.06. The van der Waals surface area contributed by atoms with Crippen LogP contribution >= 0.6 is 0 Å². The number of halogens is 3. The van der Waals surface area contributed by atoms with Crippen LogP contribution < -0.4 is 14.4 Å². The van der Waals surface area contributed by atoms with Crippen LogP contribution in [0.4, 0.5) is 19.0 Å². The first-order valence-corrected chi connectivity index (χ1v) is 12.0. The lowest BCUT2D eigenvalue weighted by atomic mass is 10.1. The van der Waals surface area contributed by atoms with E-state index in [1.165, 1.54) is 38.3 Å². The molecule has 37 heavy (non-hydrogen) atoms. The molecule has 1 amide bonds. The van der Waals surface area contributed by atoms with Gasteiger partial charge in [-0.25, -0.2) is 28.1 Å². The van der Waals surface area contributed by atoms with Crippen LogP contribution in [0.15, 0.2) is 30.3 Å². The number of methoxy groups -OCH3 is 1.